The van der Waals surface area contributed by atoms with Crippen molar-refractivity contribution in [1.82, 2.24) is 0 Å². The van der Waals surface area contributed by atoms with Crippen LogP contribution in [0.25, 0.3) is 0 Å². The minimum absolute atomic E-state index is 0.293. The van der Waals surface area contributed by atoms with Gasteiger partial charge in [-0.1, -0.05) is 48.5 Å². The number of rotatable bonds is 2. The molecule has 1 rings (SSSR count). The summed E-state index contributed by atoms with van der Waals surface area (Å²) in [4.78, 5) is 3.10. The summed E-state index contributed by atoms with van der Waals surface area (Å²) < 4.78 is 0. The molecule has 0 aliphatic heterocycles. The SMILES string of the molecule is CC(C)c1cc(C(C)(C)C)sc1C(C)C. The topological polar surface area (TPSA) is 0 Å². The van der Waals surface area contributed by atoms with E-state index < -0.39 is 0 Å². The molecule has 0 aliphatic carbocycles. The number of thiophene rings is 1. The summed E-state index contributed by atoms with van der Waals surface area (Å²) in [5.41, 5.74) is 1.85. The largest absolute Gasteiger partial charge is 0.144 e. The maximum atomic E-state index is 2.42. The van der Waals surface area contributed by atoms with Crippen molar-refractivity contribution in [2.75, 3.05) is 0 Å². The molecule has 0 atom stereocenters. The summed E-state index contributed by atoms with van der Waals surface area (Å²) in [6.45, 7) is 16.1. The van der Waals surface area contributed by atoms with Gasteiger partial charge in [-0.3, -0.25) is 0 Å². The first kappa shape index (κ1) is 12.8. The van der Waals surface area contributed by atoms with Crippen LogP contribution < -0.4 is 0 Å². The van der Waals surface area contributed by atoms with E-state index in [-0.39, 0.29) is 0 Å². The first-order valence-corrected chi connectivity index (χ1v) is 6.69. The van der Waals surface area contributed by atoms with Crippen LogP contribution in [0.1, 0.15) is 75.6 Å². The van der Waals surface area contributed by atoms with E-state index in [1.165, 1.54) is 4.88 Å². The molecule has 0 N–H and O–H groups in total. The molecule has 0 amide bonds. The molecule has 0 aromatic carbocycles. The van der Waals surface area contributed by atoms with Gasteiger partial charge in [-0.15, -0.1) is 11.3 Å². The highest BCUT2D eigenvalue weighted by Crippen LogP contribution is 2.39. The molecule has 0 spiro atoms. The van der Waals surface area contributed by atoms with Crippen molar-refractivity contribution in [3.8, 4) is 0 Å². The summed E-state index contributed by atoms with van der Waals surface area (Å²) >= 11 is 2.00. The fourth-order valence-corrected chi connectivity index (χ4v) is 3.07. The van der Waals surface area contributed by atoms with Gasteiger partial charge < -0.3 is 0 Å². The minimum atomic E-state index is 0.293. The van der Waals surface area contributed by atoms with Crippen LogP contribution in [-0.2, 0) is 5.41 Å². The van der Waals surface area contributed by atoms with Crippen molar-refractivity contribution < 1.29 is 0 Å². The van der Waals surface area contributed by atoms with E-state index in [1.807, 2.05) is 11.3 Å². The predicted molar refractivity (Wildman–Crippen MR) is 71.2 cm³/mol. The maximum absolute atomic E-state index is 2.42. The molecule has 1 aromatic rings. The lowest BCUT2D eigenvalue weighted by atomic mass is 9.91. The van der Waals surface area contributed by atoms with Gasteiger partial charge in [0.2, 0.25) is 0 Å². The van der Waals surface area contributed by atoms with Crippen LogP contribution in [0.15, 0.2) is 6.07 Å². The van der Waals surface area contributed by atoms with Crippen molar-refractivity contribution in [2.24, 2.45) is 0 Å². The van der Waals surface area contributed by atoms with Crippen LogP contribution in [0.2, 0.25) is 0 Å². The number of hydrogen-bond donors (Lipinski definition) is 0. The Morgan fingerprint density at radius 1 is 1.00 bits per heavy atom. The summed E-state index contributed by atoms with van der Waals surface area (Å²) in [5, 5.41) is 0. The van der Waals surface area contributed by atoms with Crippen LogP contribution >= 0.6 is 11.3 Å². The third-order valence-electron chi connectivity index (χ3n) is 2.68. The Balaban J connectivity index is 3.21. The van der Waals surface area contributed by atoms with E-state index in [1.54, 1.807) is 10.4 Å². The van der Waals surface area contributed by atoms with Gasteiger partial charge in [-0.05, 0) is 28.9 Å². The molecular formula is C14H24S. The van der Waals surface area contributed by atoms with Crippen LogP contribution in [0.5, 0.6) is 0 Å². The standard InChI is InChI=1S/C14H24S/c1-9(2)11-8-12(14(5,6)7)15-13(11)10(3)4/h8-10H,1-7H3. The van der Waals surface area contributed by atoms with Crippen LogP contribution in [0, 0.1) is 0 Å². The average molecular weight is 224 g/mol. The van der Waals surface area contributed by atoms with E-state index in [0.29, 0.717) is 17.3 Å². The maximum Gasteiger partial charge on any atom is 0.0108 e. The van der Waals surface area contributed by atoms with Crippen LogP contribution in [0.4, 0.5) is 0 Å². The molecule has 0 saturated carbocycles. The molecule has 0 fully saturated rings. The third kappa shape index (κ3) is 2.84. The van der Waals surface area contributed by atoms with Gasteiger partial charge in [0, 0.05) is 9.75 Å². The van der Waals surface area contributed by atoms with Crippen molar-refractivity contribution in [3.63, 3.8) is 0 Å². The predicted octanol–water partition coefficient (Wildman–Crippen LogP) is 5.29. The molecule has 0 nitrogen and oxygen atoms in total. The third-order valence-corrected chi connectivity index (χ3v) is 4.55. The second-order valence-corrected chi connectivity index (χ2v) is 7.07. The second-order valence-electron chi connectivity index (χ2n) is 5.99. The molecule has 15 heavy (non-hydrogen) atoms. The quantitative estimate of drug-likeness (QED) is 0.640. The van der Waals surface area contributed by atoms with Gasteiger partial charge in [-0.2, -0.15) is 0 Å². The van der Waals surface area contributed by atoms with Gasteiger partial charge >= 0.3 is 0 Å². The zero-order valence-corrected chi connectivity index (χ0v) is 12.0. The van der Waals surface area contributed by atoms with Crippen LogP contribution in [-0.4, -0.2) is 0 Å². The molecular weight excluding hydrogens is 200 g/mol. The molecule has 1 heteroatoms. The van der Waals surface area contributed by atoms with Crippen molar-refractivity contribution >= 4 is 11.3 Å². The van der Waals surface area contributed by atoms with E-state index >= 15 is 0 Å². The highest BCUT2D eigenvalue weighted by Gasteiger charge is 2.21. The highest BCUT2D eigenvalue weighted by atomic mass is 32.1. The molecule has 1 aromatic heterocycles. The Morgan fingerprint density at radius 3 is 1.80 bits per heavy atom. The monoisotopic (exact) mass is 224 g/mol. The highest BCUT2D eigenvalue weighted by molar-refractivity contribution is 7.12. The number of hydrogen-bond acceptors (Lipinski definition) is 1. The zero-order valence-electron chi connectivity index (χ0n) is 11.1. The van der Waals surface area contributed by atoms with Gasteiger partial charge in [0.25, 0.3) is 0 Å². The molecule has 0 bridgehead atoms. The average Bonchev–Trinajstić information content (AvgIpc) is 2.45. The normalized spacial score (nSPS) is 12.9. The molecule has 1 heterocycles. The lowest BCUT2D eigenvalue weighted by Gasteiger charge is -2.15. The Hall–Kier alpha value is -0.300. The van der Waals surface area contributed by atoms with Gasteiger partial charge in [0.05, 0.1) is 0 Å². The Kier molecular flexibility index (Phi) is 3.65. The van der Waals surface area contributed by atoms with Crippen molar-refractivity contribution in [1.29, 1.82) is 0 Å². The van der Waals surface area contributed by atoms with Crippen LogP contribution in [0.3, 0.4) is 0 Å². The van der Waals surface area contributed by atoms with Gasteiger partial charge in [0.15, 0.2) is 0 Å². The molecule has 86 valence electrons. The van der Waals surface area contributed by atoms with E-state index in [9.17, 15) is 0 Å². The van der Waals surface area contributed by atoms with E-state index in [4.69, 9.17) is 0 Å². The second kappa shape index (κ2) is 4.29. The zero-order chi connectivity index (χ0) is 11.8. The molecule has 0 radical (unpaired) electrons. The summed E-state index contributed by atoms with van der Waals surface area (Å²) in [5.74, 6) is 1.30. The van der Waals surface area contributed by atoms with E-state index in [0.717, 1.165) is 0 Å². The Labute approximate surface area is 98.7 Å². The summed E-state index contributed by atoms with van der Waals surface area (Å²) in [7, 11) is 0. The van der Waals surface area contributed by atoms with Gasteiger partial charge in [0.1, 0.15) is 0 Å². The lowest BCUT2D eigenvalue weighted by molar-refractivity contribution is 0.603. The first-order chi connectivity index (χ1) is 6.73. The lowest BCUT2D eigenvalue weighted by Crippen LogP contribution is -2.08. The van der Waals surface area contributed by atoms with Crippen molar-refractivity contribution in [2.45, 2.75) is 65.7 Å². The fraction of sp³-hybridized carbons (Fsp3) is 0.714. The van der Waals surface area contributed by atoms with E-state index in [2.05, 4.69) is 54.5 Å². The Bertz CT molecular complexity index is 298. The first-order valence-electron chi connectivity index (χ1n) is 5.87. The summed E-state index contributed by atoms with van der Waals surface area (Å²) in [6, 6.07) is 2.42. The summed E-state index contributed by atoms with van der Waals surface area (Å²) in [6.07, 6.45) is 0. The minimum Gasteiger partial charge on any atom is -0.144 e. The fourth-order valence-electron chi connectivity index (χ4n) is 1.69. The van der Waals surface area contributed by atoms with Crippen molar-refractivity contribution in [3.05, 3.63) is 21.4 Å². The smallest absolute Gasteiger partial charge is 0.0108 e. The molecule has 0 unspecified atom stereocenters. The van der Waals surface area contributed by atoms with Gasteiger partial charge in [-0.25, -0.2) is 0 Å². The Morgan fingerprint density at radius 2 is 1.53 bits per heavy atom. The molecule has 0 saturated heterocycles. The molecule has 0 aliphatic rings.